The van der Waals surface area contributed by atoms with Crippen LogP contribution in [0.4, 0.5) is 0 Å². The number of amides is 1. The van der Waals surface area contributed by atoms with Crippen LogP contribution < -0.4 is 4.74 Å². The minimum atomic E-state index is -0.667. The van der Waals surface area contributed by atoms with E-state index in [0.29, 0.717) is 31.0 Å². The number of Topliss-reactive ketones (excluding diaryl/α,β-unsaturated/α-hetero) is 1. The Morgan fingerprint density at radius 2 is 1.76 bits per heavy atom. The van der Waals surface area contributed by atoms with Crippen LogP contribution in [0.1, 0.15) is 54.7 Å². The lowest BCUT2D eigenvalue weighted by molar-refractivity contribution is -0.140. The molecule has 1 N–H and O–H groups in total. The summed E-state index contributed by atoms with van der Waals surface area (Å²) in [7, 11) is 1.79. The fourth-order valence-electron chi connectivity index (χ4n) is 5.05. The van der Waals surface area contributed by atoms with E-state index in [-0.39, 0.29) is 11.3 Å². The quantitative estimate of drug-likeness (QED) is 0.383. The second kappa shape index (κ2) is 10.0. The van der Waals surface area contributed by atoms with E-state index >= 15 is 0 Å². The molecule has 8 heteroatoms. The number of ketones is 1. The van der Waals surface area contributed by atoms with Crippen molar-refractivity contribution in [3.8, 4) is 5.75 Å². The Kier molecular flexibility index (Phi) is 7.07. The van der Waals surface area contributed by atoms with E-state index < -0.39 is 17.7 Å². The first-order chi connectivity index (χ1) is 16.3. The highest BCUT2D eigenvalue weighted by molar-refractivity contribution is 6.46. The Bertz CT molecular complexity index is 1100. The third kappa shape index (κ3) is 4.46. The molecule has 3 heterocycles. The SMILES string of the molecule is CCOc1ccc(C2/C(=C(\O)c3c(C)nn(C)c3C)C(=O)C(=O)N2CCN2CCCCC2)cc1. The zero-order chi connectivity index (χ0) is 24.4. The lowest BCUT2D eigenvalue weighted by Crippen LogP contribution is -2.39. The zero-order valence-electron chi connectivity index (χ0n) is 20.5. The third-order valence-electron chi connectivity index (χ3n) is 6.90. The number of rotatable bonds is 7. The van der Waals surface area contributed by atoms with Gasteiger partial charge in [-0.15, -0.1) is 0 Å². The van der Waals surface area contributed by atoms with Gasteiger partial charge in [-0.3, -0.25) is 14.3 Å². The first kappa shape index (κ1) is 24.0. The summed E-state index contributed by atoms with van der Waals surface area (Å²) in [4.78, 5) is 30.5. The van der Waals surface area contributed by atoms with Crippen molar-refractivity contribution < 1.29 is 19.4 Å². The number of nitrogens with zero attached hydrogens (tertiary/aromatic N) is 4. The number of likely N-dealkylation sites (tertiary alicyclic amines) is 2. The van der Waals surface area contributed by atoms with E-state index in [1.807, 2.05) is 38.1 Å². The van der Waals surface area contributed by atoms with Gasteiger partial charge in [-0.05, 0) is 64.4 Å². The van der Waals surface area contributed by atoms with Crippen LogP contribution in [0.3, 0.4) is 0 Å². The van der Waals surface area contributed by atoms with Crippen molar-refractivity contribution in [2.75, 3.05) is 32.8 Å². The summed E-state index contributed by atoms with van der Waals surface area (Å²) >= 11 is 0. The summed E-state index contributed by atoms with van der Waals surface area (Å²) in [5, 5.41) is 15.8. The molecule has 1 amide bonds. The van der Waals surface area contributed by atoms with Crippen LogP contribution in [0.15, 0.2) is 29.8 Å². The summed E-state index contributed by atoms with van der Waals surface area (Å²) < 4.78 is 7.24. The number of hydrogen-bond donors (Lipinski definition) is 1. The molecule has 0 aliphatic carbocycles. The molecule has 2 aliphatic heterocycles. The Balaban J connectivity index is 1.76. The van der Waals surface area contributed by atoms with Gasteiger partial charge in [0.05, 0.1) is 29.5 Å². The molecule has 182 valence electrons. The lowest BCUT2D eigenvalue weighted by atomic mass is 9.94. The number of hydrogen-bond acceptors (Lipinski definition) is 6. The first-order valence-electron chi connectivity index (χ1n) is 12.1. The maximum Gasteiger partial charge on any atom is 0.295 e. The molecule has 0 radical (unpaired) electrons. The summed E-state index contributed by atoms with van der Waals surface area (Å²) in [5.41, 5.74) is 2.74. The molecule has 8 nitrogen and oxygen atoms in total. The number of carbonyl (C=O) groups is 2. The van der Waals surface area contributed by atoms with Crippen LogP contribution in [0, 0.1) is 13.8 Å². The van der Waals surface area contributed by atoms with Crippen molar-refractivity contribution in [2.24, 2.45) is 7.05 Å². The van der Waals surface area contributed by atoms with Crippen molar-refractivity contribution in [1.82, 2.24) is 19.6 Å². The van der Waals surface area contributed by atoms with Gasteiger partial charge in [0.25, 0.3) is 11.7 Å². The smallest absolute Gasteiger partial charge is 0.295 e. The molecular formula is C26H34N4O4. The molecular weight excluding hydrogens is 432 g/mol. The van der Waals surface area contributed by atoms with Gasteiger partial charge in [0.1, 0.15) is 11.5 Å². The third-order valence-corrected chi connectivity index (χ3v) is 6.90. The monoisotopic (exact) mass is 466 g/mol. The van der Waals surface area contributed by atoms with E-state index in [1.54, 1.807) is 23.6 Å². The fraction of sp³-hybridized carbons (Fsp3) is 0.500. The van der Waals surface area contributed by atoms with Crippen LogP contribution in [-0.4, -0.2) is 69.2 Å². The van der Waals surface area contributed by atoms with Gasteiger partial charge >= 0.3 is 0 Å². The predicted molar refractivity (Wildman–Crippen MR) is 130 cm³/mol. The molecule has 0 spiro atoms. The van der Waals surface area contributed by atoms with Crippen LogP contribution in [0.2, 0.25) is 0 Å². The molecule has 2 aromatic rings. The average molecular weight is 467 g/mol. The van der Waals surface area contributed by atoms with Crippen molar-refractivity contribution >= 4 is 17.4 Å². The molecule has 1 aromatic heterocycles. The molecule has 2 saturated heterocycles. The summed E-state index contributed by atoms with van der Waals surface area (Å²) in [6.45, 7) is 9.23. The number of ether oxygens (including phenoxy) is 1. The number of aryl methyl sites for hydroxylation is 2. The number of aliphatic hydroxyl groups is 1. The minimum absolute atomic E-state index is 0.118. The Hall–Kier alpha value is -3.13. The molecule has 34 heavy (non-hydrogen) atoms. The van der Waals surface area contributed by atoms with Crippen LogP contribution in [0.5, 0.6) is 5.75 Å². The highest BCUT2D eigenvalue weighted by atomic mass is 16.5. The first-order valence-corrected chi connectivity index (χ1v) is 12.1. The molecule has 0 saturated carbocycles. The molecule has 4 rings (SSSR count). The van der Waals surface area contributed by atoms with Crippen molar-refractivity contribution in [1.29, 1.82) is 0 Å². The van der Waals surface area contributed by atoms with E-state index in [4.69, 9.17) is 4.74 Å². The average Bonchev–Trinajstić information content (AvgIpc) is 3.24. The fourth-order valence-corrected chi connectivity index (χ4v) is 5.05. The van der Waals surface area contributed by atoms with Crippen LogP contribution in [-0.2, 0) is 16.6 Å². The molecule has 1 unspecified atom stereocenters. The second-order valence-electron chi connectivity index (χ2n) is 9.07. The van der Waals surface area contributed by atoms with E-state index in [0.717, 1.165) is 42.9 Å². The molecule has 2 aliphatic rings. The zero-order valence-corrected chi connectivity index (χ0v) is 20.5. The second-order valence-corrected chi connectivity index (χ2v) is 9.07. The Labute approximate surface area is 200 Å². The molecule has 0 bridgehead atoms. The molecule has 2 fully saturated rings. The number of benzene rings is 1. The highest BCUT2D eigenvalue weighted by Gasteiger charge is 2.46. The van der Waals surface area contributed by atoms with Crippen molar-refractivity contribution in [2.45, 2.75) is 46.1 Å². The van der Waals surface area contributed by atoms with Gasteiger partial charge in [0.15, 0.2) is 0 Å². The van der Waals surface area contributed by atoms with Crippen LogP contribution >= 0.6 is 0 Å². The molecule has 1 atom stereocenters. The van der Waals surface area contributed by atoms with Crippen molar-refractivity contribution in [3.05, 3.63) is 52.4 Å². The maximum absolute atomic E-state index is 13.3. The van der Waals surface area contributed by atoms with Gasteiger partial charge in [-0.2, -0.15) is 5.10 Å². The number of carbonyl (C=O) groups excluding carboxylic acids is 2. The van der Waals surface area contributed by atoms with E-state index in [2.05, 4.69) is 10.00 Å². The summed E-state index contributed by atoms with van der Waals surface area (Å²) in [5.74, 6) is -0.675. The topological polar surface area (TPSA) is 87.9 Å². The Morgan fingerprint density at radius 1 is 1.09 bits per heavy atom. The normalized spacial score (nSPS) is 20.8. The van der Waals surface area contributed by atoms with Gasteiger partial charge in [0.2, 0.25) is 0 Å². The Morgan fingerprint density at radius 3 is 2.35 bits per heavy atom. The summed E-state index contributed by atoms with van der Waals surface area (Å²) in [6.07, 6.45) is 3.54. The van der Waals surface area contributed by atoms with Crippen LogP contribution in [0.25, 0.3) is 5.76 Å². The van der Waals surface area contributed by atoms with Gasteiger partial charge < -0.3 is 19.6 Å². The maximum atomic E-state index is 13.3. The van der Waals surface area contributed by atoms with E-state index in [1.165, 1.54) is 6.42 Å². The number of aliphatic hydroxyl groups excluding tert-OH is 1. The number of piperidine rings is 1. The number of aromatic nitrogens is 2. The van der Waals surface area contributed by atoms with Gasteiger partial charge in [0, 0.05) is 25.8 Å². The lowest BCUT2D eigenvalue weighted by Gasteiger charge is -2.31. The van der Waals surface area contributed by atoms with E-state index in [9.17, 15) is 14.7 Å². The van der Waals surface area contributed by atoms with Crippen molar-refractivity contribution in [3.63, 3.8) is 0 Å². The van der Waals surface area contributed by atoms with Gasteiger partial charge in [-0.1, -0.05) is 18.6 Å². The molecule has 1 aromatic carbocycles. The summed E-state index contributed by atoms with van der Waals surface area (Å²) in [6, 6.07) is 6.74. The minimum Gasteiger partial charge on any atom is -0.507 e. The van der Waals surface area contributed by atoms with Gasteiger partial charge in [-0.25, -0.2) is 0 Å². The standard InChI is InChI=1S/C26H34N4O4/c1-5-34-20-11-9-19(10-12-20)23-22(24(31)21-17(2)27-28(4)18(21)3)25(32)26(33)30(23)16-15-29-13-7-6-8-14-29/h9-12,23,31H,5-8,13-16H2,1-4H3/b24-22+. The largest absolute Gasteiger partial charge is 0.507 e. The predicted octanol–water partition coefficient (Wildman–Crippen LogP) is 3.34. The highest BCUT2D eigenvalue weighted by Crippen LogP contribution is 2.40.